The van der Waals surface area contributed by atoms with Gasteiger partial charge in [-0.15, -0.1) is 5.10 Å². The van der Waals surface area contributed by atoms with E-state index in [2.05, 4.69) is 5.10 Å². The van der Waals surface area contributed by atoms with Crippen LogP contribution in [0.4, 0.5) is 0 Å². The number of methoxy groups -OCH3 is 2. The van der Waals surface area contributed by atoms with E-state index in [1.54, 1.807) is 56.7 Å². The lowest BCUT2D eigenvalue weighted by atomic mass is 10.1. The van der Waals surface area contributed by atoms with Crippen LogP contribution in [0.2, 0.25) is 5.02 Å². The molecule has 1 heterocycles. The first-order chi connectivity index (χ1) is 13.0. The van der Waals surface area contributed by atoms with Crippen molar-refractivity contribution >= 4 is 23.4 Å². The Balaban J connectivity index is 1.75. The Bertz CT molecular complexity index is 854. The first-order valence-corrected chi connectivity index (χ1v) is 8.54. The summed E-state index contributed by atoms with van der Waals surface area (Å²) in [4.78, 5) is 12.0. The molecule has 1 aliphatic heterocycles. The van der Waals surface area contributed by atoms with Crippen molar-refractivity contribution in [3.8, 4) is 17.2 Å². The summed E-state index contributed by atoms with van der Waals surface area (Å²) in [5.74, 6) is 1.78. The molecule has 1 amide bonds. The summed E-state index contributed by atoms with van der Waals surface area (Å²) in [6.45, 7) is 1.50. The molecule has 27 heavy (non-hydrogen) atoms. The molecule has 1 atom stereocenters. The number of hydrogen-bond acceptors (Lipinski definition) is 6. The summed E-state index contributed by atoms with van der Waals surface area (Å²) in [5.41, 5.74) is 0.702. The lowest BCUT2D eigenvalue weighted by Crippen LogP contribution is -2.25. The maximum atomic E-state index is 12.0. The minimum absolute atomic E-state index is 0.0786. The second-order valence-corrected chi connectivity index (χ2v) is 6.12. The van der Waals surface area contributed by atoms with Crippen molar-refractivity contribution in [2.24, 2.45) is 5.10 Å². The fourth-order valence-corrected chi connectivity index (χ4v) is 2.69. The Morgan fingerprint density at radius 1 is 1.15 bits per heavy atom. The van der Waals surface area contributed by atoms with Crippen molar-refractivity contribution in [3.05, 3.63) is 53.1 Å². The largest absolute Gasteiger partial charge is 0.493 e. The molecule has 0 aliphatic carbocycles. The number of carbonyl (C=O) groups is 1. The minimum atomic E-state index is -0.703. The van der Waals surface area contributed by atoms with Crippen molar-refractivity contribution in [2.45, 2.75) is 13.2 Å². The minimum Gasteiger partial charge on any atom is -0.493 e. The third-order valence-corrected chi connectivity index (χ3v) is 4.13. The SMILES string of the molecule is COc1ccc([C@H]2OC(COc3ccc(Cl)cc3)=NN2C(C)=O)cc1OC. The number of ether oxygens (including phenoxy) is 4. The number of hydrazone groups is 1. The molecule has 0 unspecified atom stereocenters. The van der Waals surface area contributed by atoms with E-state index in [0.29, 0.717) is 33.7 Å². The first-order valence-electron chi connectivity index (χ1n) is 8.16. The van der Waals surface area contributed by atoms with Gasteiger partial charge in [-0.25, -0.2) is 0 Å². The third-order valence-electron chi connectivity index (χ3n) is 3.88. The van der Waals surface area contributed by atoms with Gasteiger partial charge in [-0.2, -0.15) is 5.01 Å². The van der Waals surface area contributed by atoms with Crippen LogP contribution in [-0.4, -0.2) is 37.6 Å². The quantitative estimate of drug-likeness (QED) is 0.753. The highest BCUT2D eigenvalue weighted by Gasteiger charge is 2.33. The summed E-state index contributed by atoms with van der Waals surface area (Å²) in [6.07, 6.45) is -0.703. The average Bonchev–Trinajstić information content (AvgIpc) is 3.11. The Hall–Kier alpha value is -2.93. The number of carbonyl (C=O) groups excluding carboxylic acids is 1. The molecule has 8 heteroatoms. The average molecular weight is 391 g/mol. The van der Waals surface area contributed by atoms with Crippen LogP contribution in [0.3, 0.4) is 0 Å². The molecule has 142 valence electrons. The van der Waals surface area contributed by atoms with Gasteiger partial charge in [0.05, 0.1) is 14.2 Å². The predicted octanol–water partition coefficient (Wildman–Crippen LogP) is 3.63. The van der Waals surface area contributed by atoms with Gasteiger partial charge in [-0.3, -0.25) is 4.79 Å². The van der Waals surface area contributed by atoms with Gasteiger partial charge >= 0.3 is 0 Å². The Labute approximate surface area is 162 Å². The van der Waals surface area contributed by atoms with E-state index < -0.39 is 6.23 Å². The van der Waals surface area contributed by atoms with Crippen LogP contribution in [0, 0.1) is 0 Å². The van der Waals surface area contributed by atoms with Crippen LogP contribution in [0.1, 0.15) is 18.7 Å². The maximum Gasteiger partial charge on any atom is 0.247 e. The second-order valence-electron chi connectivity index (χ2n) is 5.68. The summed E-state index contributed by atoms with van der Waals surface area (Å²) in [5, 5.41) is 6.12. The number of halogens is 1. The van der Waals surface area contributed by atoms with Crippen molar-refractivity contribution < 1.29 is 23.7 Å². The van der Waals surface area contributed by atoms with Gasteiger partial charge in [0, 0.05) is 17.5 Å². The third kappa shape index (κ3) is 4.25. The maximum absolute atomic E-state index is 12.0. The molecule has 0 radical (unpaired) electrons. The fourth-order valence-electron chi connectivity index (χ4n) is 2.56. The van der Waals surface area contributed by atoms with Crippen LogP contribution in [-0.2, 0) is 9.53 Å². The molecular weight excluding hydrogens is 372 g/mol. The topological polar surface area (TPSA) is 69.6 Å². The number of hydrogen-bond donors (Lipinski definition) is 0. The van der Waals surface area contributed by atoms with Crippen molar-refractivity contribution in [1.82, 2.24) is 5.01 Å². The van der Waals surface area contributed by atoms with Crippen molar-refractivity contribution in [2.75, 3.05) is 20.8 Å². The van der Waals surface area contributed by atoms with E-state index in [4.69, 9.17) is 30.5 Å². The highest BCUT2D eigenvalue weighted by Crippen LogP contribution is 2.35. The van der Waals surface area contributed by atoms with Crippen molar-refractivity contribution in [1.29, 1.82) is 0 Å². The Kier molecular flexibility index (Phi) is 5.71. The summed E-state index contributed by atoms with van der Waals surface area (Å²) >= 11 is 5.86. The van der Waals surface area contributed by atoms with Crippen LogP contribution in [0.25, 0.3) is 0 Å². The van der Waals surface area contributed by atoms with E-state index in [1.165, 1.54) is 11.9 Å². The zero-order valence-electron chi connectivity index (χ0n) is 15.1. The lowest BCUT2D eigenvalue weighted by molar-refractivity contribution is -0.135. The van der Waals surface area contributed by atoms with E-state index in [9.17, 15) is 4.79 Å². The highest BCUT2D eigenvalue weighted by molar-refractivity contribution is 6.30. The normalized spacial score (nSPS) is 15.8. The molecule has 2 aromatic carbocycles. The molecular formula is C19H19ClN2O5. The van der Waals surface area contributed by atoms with Gasteiger partial charge in [0.1, 0.15) is 5.75 Å². The van der Waals surface area contributed by atoms with E-state index in [1.807, 2.05) is 0 Å². The summed E-state index contributed by atoms with van der Waals surface area (Å²) in [7, 11) is 3.10. The fraction of sp³-hybridized carbons (Fsp3) is 0.263. The molecule has 0 fully saturated rings. The zero-order chi connectivity index (χ0) is 19.4. The zero-order valence-corrected chi connectivity index (χ0v) is 15.9. The van der Waals surface area contributed by atoms with E-state index in [0.717, 1.165) is 0 Å². The highest BCUT2D eigenvalue weighted by atomic mass is 35.5. The molecule has 3 rings (SSSR count). The van der Waals surface area contributed by atoms with Gasteiger partial charge in [-0.05, 0) is 42.5 Å². The molecule has 0 saturated heterocycles. The smallest absolute Gasteiger partial charge is 0.247 e. The molecule has 1 aliphatic rings. The predicted molar refractivity (Wildman–Crippen MR) is 100 cm³/mol. The van der Waals surface area contributed by atoms with E-state index in [-0.39, 0.29) is 12.5 Å². The molecule has 2 aromatic rings. The van der Waals surface area contributed by atoms with Gasteiger partial charge in [-0.1, -0.05) is 11.6 Å². The monoisotopic (exact) mass is 390 g/mol. The molecule has 0 spiro atoms. The number of amides is 1. The van der Waals surface area contributed by atoms with Gasteiger partial charge < -0.3 is 18.9 Å². The molecule has 0 saturated carbocycles. The van der Waals surface area contributed by atoms with Gasteiger partial charge in [0.15, 0.2) is 18.1 Å². The number of rotatable bonds is 6. The summed E-state index contributed by atoms with van der Waals surface area (Å²) < 4.78 is 22.0. The van der Waals surface area contributed by atoms with Crippen LogP contribution in [0.15, 0.2) is 47.6 Å². The number of nitrogens with zero attached hydrogens (tertiary/aromatic N) is 2. The van der Waals surface area contributed by atoms with Gasteiger partial charge in [0.25, 0.3) is 0 Å². The Morgan fingerprint density at radius 2 is 1.85 bits per heavy atom. The number of benzene rings is 2. The van der Waals surface area contributed by atoms with Crippen LogP contribution >= 0.6 is 11.6 Å². The van der Waals surface area contributed by atoms with Crippen LogP contribution < -0.4 is 14.2 Å². The van der Waals surface area contributed by atoms with Crippen LogP contribution in [0.5, 0.6) is 17.2 Å². The second kappa shape index (κ2) is 8.18. The molecule has 0 aromatic heterocycles. The summed E-state index contributed by atoms with van der Waals surface area (Å²) in [6, 6.07) is 12.2. The van der Waals surface area contributed by atoms with Gasteiger partial charge in [0.2, 0.25) is 18.0 Å². The standard InChI is InChI=1S/C19H19ClN2O5/c1-12(23)22-19(13-4-9-16(24-2)17(10-13)25-3)27-18(21-22)11-26-15-7-5-14(20)6-8-15/h4-10,19H,11H2,1-3H3/t19-/m1/s1. The van der Waals surface area contributed by atoms with Crippen molar-refractivity contribution in [3.63, 3.8) is 0 Å². The Morgan fingerprint density at radius 3 is 2.48 bits per heavy atom. The molecule has 0 bridgehead atoms. The molecule has 7 nitrogen and oxygen atoms in total. The molecule has 0 N–H and O–H groups in total. The van der Waals surface area contributed by atoms with E-state index >= 15 is 0 Å². The lowest BCUT2D eigenvalue weighted by Gasteiger charge is -2.20. The first kappa shape index (κ1) is 18.8.